The van der Waals surface area contributed by atoms with Gasteiger partial charge in [0.15, 0.2) is 0 Å². The lowest BCUT2D eigenvalue weighted by atomic mass is 9.93. The zero-order valence-corrected chi connectivity index (χ0v) is 17.2. The molecule has 3 aromatic rings. The third-order valence-corrected chi connectivity index (χ3v) is 5.50. The maximum absolute atomic E-state index is 12.7. The van der Waals surface area contributed by atoms with Gasteiger partial charge in [-0.05, 0) is 55.2 Å². The first-order chi connectivity index (χ1) is 14.7. The molecule has 0 bridgehead atoms. The van der Waals surface area contributed by atoms with Gasteiger partial charge in [-0.25, -0.2) is 0 Å². The van der Waals surface area contributed by atoms with Crippen molar-refractivity contribution in [3.8, 4) is 22.9 Å². The summed E-state index contributed by atoms with van der Waals surface area (Å²) in [5, 5.41) is 4.11. The van der Waals surface area contributed by atoms with Crippen LogP contribution < -0.4 is 9.47 Å². The number of methoxy groups -OCH3 is 2. The molecule has 1 saturated heterocycles. The van der Waals surface area contributed by atoms with Gasteiger partial charge in [-0.2, -0.15) is 4.98 Å². The van der Waals surface area contributed by atoms with E-state index in [0.29, 0.717) is 23.2 Å². The molecule has 7 nitrogen and oxygen atoms in total. The van der Waals surface area contributed by atoms with Crippen molar-refractivity contribution in [3.05, 3.63) is 60.0 Å². The Hall–Kier alpha value is -3.35. The Labute approximate surface area is 175 Å². The van der Waals surface area contributed by atoms with E-state index in [1.807, 2.05) is 53.4 Å². The highest BCUT2D eigenvalue weighted by molar-refractivity contribution is 5.94. The topological polar surface area (TPSA) is 77.7 Å². The van der Waals surface area contributed by atoms with E-state index in [1.54, 1.807) is 14.2 Å². The molecule has 156 valence electrons. The summed E-state index contributed by atoms with van der Waals surface area (Å²) in [6.45, 7) is 1.46. The molecule has 1 amide bonds. The fourth-order valence-electron chi connectivity index (χ4n) is 3.72. The lowest BCUT2D eigenvalue weighted by Gasteiger charge is -2.31. The largest absolute Gasteiger partial charge is 0.497 e. The van der Waals surface area contributed by atoms with Gasteiger partial charge < -0.3 is 18.9 Å². The average molecular weight is 407 g/mol. The molecule has 0 spiro atoms. The maximum atomic E-state index is 12.7. The van der Waals surface area contributed by atoms with Crippen LogP contribution in [0.2, 0.25) is 0 Å². The lowest BCUT2D eigenvalue weighted by Crippen LogP contribution is -2.38. The van der Waals surface area contributed by atoms with Gasteiger partial charge >= 0.3 is 0 Å². The number of carbonyl (C=O) groups excluding carboxylic acids is 1. The summed E-state index contributed by atoms with van der Waals surface area (Å²) in [4.78, 5) is 19.2. The van der Waals surface area contributed by atoms with Crippen molar-refractivity contribution in [2.45, 2.75) is 19.3 Å². The molecule has 1 aromatic heterocycles. The van der Waals surface area contributed by atoms with E-state index in [-0.39, 0.29) is 5.91 Å². The van der Waals surface area contributed by atoms with Crippen molar-refractivity contribution >= 4 is 5.91 Å². The van der Waals surface area contributed by atoms with Crippen molar-refractivity contribution < 1.29 is 18.8 Å². The highest BCUT2D eigenvalue weighted by atomic mass is 16.5. The second-order valence-electron chi connectivity index (χ2n) is 7.41. The highest BCUT2D eigenvalue weighted by Gasteiger charge is 2.25. The van der Waals surface area contributed by atoms with E-state index in [9.17, 15) is 4.79 Å². The minimum Gasteiger partial charge on any atom is -0.497 e. The second-order valence-corrected chi connectivity index (χ2v) is 7.41. The summed E-state index contributed by atoms with van der Waals surface area (Å²) in [5.41, 5.74) is 1.55. The molecule has 2 aromatic carbocycles. The summed E-state index contributed by atoms with van der Waals surface area (Å²) >= 11 is 0. The number of carbonyl (C=O) groups is 1. The number of hydrogen-bond donors (Lipinski definition) is 0. The van der Waals surface area contributed by atoms with Crippen molar-refractivity contribution in [3.63, 3.8) is 0 Å². The van der Waals surface area contributed by atoms with Crippen LogP contribution in [-0.4, -0.2) is 48.3 Å². The fourth-order valence-corrected chi connectivity index (χ4v) is 3.72. The summed E-state index contributed by atoms with van der Waals surface area (Å²) in [6.07, 6.45) is 2.55. The van der Waals surface area contributed by atoms with Crippen molar-refractivity contribution in [1.29, 1.82) is 0 Å². The minimum atomic E-state index is 0.0641. The van der Waals surface area contributed by atoms with E-state index in [2.05, 4.69) is 10.1 Å². The molecule has 1 aliphatic heterocycles. The number of amides is 1. The zero-order chi connectivity index (χ0) is 20.9. The average Bonchev–Trinajstić information content (AvgIpc) is 3.28. The van der Waals surface area contributed by atoms with Gasteiger partial charge in [0.05, 0.1) is 14.2 Å². The number of likely N-dealkylation sites (tertiary alicyclic amines) is 1. The van der Waals surface area contributed by atoms with Gasteiger partial charge in [0, 0.05) is 30.6 Å². The lowest BCUT2D eigenvalue weighted by molar-refractivity contribution is 0.0687. The molecule has 30 heavy (non-hydrogen) atoms. The van der Waals surface area contributed by atoms with Crippen molar-refractivity contribution in [2.75, 3.05) is 27.3 Å². The molecule has 0 saturated carbocycles. The van der Waals surface area contributed by atoms with E-state index in [0.717, 1.165) is 49.4 Å². The van der Waals surface area contributed by atoms with Crippen LogP contribution in [-0.2, 0) is 6.42 Å². The summed E-state index contributed by atoms with van der Waals surface area (Å²) in [6, 6.07) is 14.9. The second kappa shape index (κ2) is 8.98. The molecular formula is C23H25N3O4. The van der Waals surface area contributed by atoms with Crippen molar-refractivity contribution in [2.24, 2.45) is 5.92 Å². The van der Waals surface area contributed by atoms with E-state index < -0.39 is 0 Å². The van der Waals surface area contributed by atoms with Gasteiger partial charge in [0.25, 0.3) is 5.91 Å². The quantitative estimate of drug-likeness (QED) is 0.618. The summed E-state index contributed by atoms with van der Waals surface area (Å²) in [7, 11) is 3.25. The standard InChI is InChI=1S/C23H25N3O4/c1-28-19-8-6-17(7-9-19)23(27)26-12-10-16(11-13-26)14-21-24-22(25-30-21)18-4-3-5-20(15-18)29-2/h3-9,15-16H,10-14H2,1-2H3. The van der Waals surface area contributed by atoms with E-state index >= 15 is 0 Å². The van der Waals surface area contributed by atoms with Crippen LogP contribution in [0.25, 0.3) is 11.4 Å². The number of benzene rings is 2. The van der Waals surface area contributed by atoms with Crippen molar-refractivity contribution in [1.82, 2.24) is 15.0 Å². The van der Waals surface area contributed by atoms with Gasteiger partial charge in [-0.15, -0.1) is 0 Å². The molecule has 2 heterocycles. The molecule has 1 fully saturated rings. The summed E-state index contributed by atoms with van der Waals surface area (Å²) in [5.74, 6) is 3.19. The van der Waals surface area contributed by atoms with Crippen LogP contribution in [0.4, 0.5) is 0 Å². The Morgan fingerprint density at radius 2 is 1.80 bits per heavy atom. The minimum absolute atomic E-state index is 0.0641. The molecule has 0 radical (unpaired) electrons. The smallest absolute Gasteiger partial charge is 0.253 e. The Balaban J connectivity index is 1.32. The molecule has 0 N–H and O–H groups in total. The molecular weight excluding hydrogens is 382 g/mol. The van der Waals surface area contributed by atoms with Crippen LogP contribution in [0.3, 0.4) is 0 Å². The van der Waals surface area contributed by atoms with Crippen LogP contribution in [0, 0.1) is 5.92 Å². The third-order valence-electron chi connectivity index (χ3n) is 5.50. The predicted molar refractivity (Wildman–Crippen MR) is 112 cm³/mol. The van der Waals surface area contributed by atoms with Gasteiger partial charge in [0.1, 0.15) is 11.5 Å². The zero-order valence-electron chi connectivity index (χ0n) is 17.2. The van der Waals surface area contributed by atoms with Crippen LogP contribution in [0.1, 0.15) is 29.1 Å². The number of hydrogen-bond acceptors (Lipinski definition) is 6. The predicted octanol–water partition coefficient (Wildman–Crippen LogP) is 3.85. The molecule has 4 rings (SSSR count). The fraction of sp³-hybridized carbons (Fsp3) is 0.348. The molecule has 7 heteroatoms. The summed E-state index contributed by atoms with van der Waals surface area (Å²) < 4.78 is 15.9. The van der Waals surface area contributed by atoms with Gasteiger partial charge in [-0.3, -0.25) is 4.79 Å². The van der Waals surface area contributed by atoms with E-state index in [4.69, 9.17) is 14.0 Å². The van der Waals surface area contributed by atoms with Gasteiger partial charge in [-0.1, -0.05) is 17.3 Å². The van der Waals surface area contributed by atoms with Crippen LogP contribution in [0.15, 0.2) is 53.1 Å². The Kier molecular flexibility index (Phi) is 5.97. The molecule has 1 aliphatic rings. The molecule has 0 unspecified atom stereocenters. The van der Waals surface area contributed by atoms with Gasteiger partial charge in [0.2, 0.25) is 11.7 Å². The first-order valence-corrected chi connectivity index (χ1v) is 10.1. The number of ether oxygens (including phenoxy) is 2. The molecule has 0 atom stereocenters. The highest BCUT2D eigenvalue weighted by Crippen LogP contribution is 2.25. The Bertz CT molecular complexity index is 992. The monoisotopic (exact) mass is 407 g/mol. The number of piperidine rings is 1. The first-order valence-electron chi connectivity index (χ1n) is 10.1. The van der Waals surface area contributed by atoms with Crippen LogP contribution >= 0.6 is 0 Å². The Morgan fingerprint density at radius 1 is 1.07 bits per heavy atom. The maximum Gasteiger partial charge on any atom is 0.253 e. The number of aromatic nitrogens is 2. The Morgan fingerprint density at radius 3 is 2.50 bits per heavy atom. The third kappa shape index (κ3) is 4.45. The normalized spacial score (nSPS) is 14.5. The molecule has 0 aliphatic carbocycles. The number of nitrogens with zero attached hydrogens (tertiary/aromatic N) is 3. The first kappa shape index (κ1) is 19.9. The van der Waals surface area contributed by atoms with E-state index in [1.165, 1.54) is 0 Å². The number of rotatable bonds is 6. The van der Waals surface area contributed by atoms with Crippen LogP contribution in [0.5, 0.6) is 11.5 Å². The SMILES string of the molecule is COc1ccc(C(=O)N2CCC(Cc3nc(-c4cccc(OC)c4)no3)CC2)cc1.